The Morgan fingerprint density at radius 3 is 2.44 bits per heavy atom. The number of piperidine rings is 1. The zero-order valence-electron chi connectivity index (χ0n) is 11.0. The Balaban J connectivity index is 1.53. The summed E-state index contributed by atoms with van der Waals surface area (Å²) < 4.78 is 0. The van der Waals surface area contributed by atoms with Gasteiger partial charge in [-0.25, -0.2) is 0 Å². The van der Waals surface area contributed by atoms with Crippen molar-refractivity contribution in [1.82, 2.24) is 10.2 Å². The first-order valence-corrected chi connectivity index (χ1v) is 7.25. The second kappa shape index (κ2) is 6.02. The first kappa shape index (κ1) is 12.4. The van der Waals surface area contributed by atoms with Crippen LogP contribution in [0.3, 0.4) is 0 Å². The largest absolute Gasteiger partial charge is 0.313 e. The predicted octanol–water partition coefficient (Wildman–Crippen LogP) is 2.50. The highest BCUT2D eigenvalue weighted by Gasteiger charge is 2.27. The van der Waals surface area contributed by atoms with Crippen LogP contribution >= 0.6 is 0 Å². The molecule has 0 amide bonds. The molecule has 2 rings (SSSR count). The van der Waals surface area contributed by atoms with Crippen molar-refractivity contribution in [2.24, 2.45) is 11.8 Å². The monoisotopic (exact) mass is 224 g/mol. The molecule has 1 saturated heterocycles. The summed E-state index contributed by atoms with van der Waals surface area (Å²) in [6, 6.07) is 0.758. The fourth-order valence-corrected chi connectivity index (χ4v) is 2.83. The number of rotatable bonds is 6. The lowest BCUT2D eigenvalue weighted by Gasteiger charge is -2.31. The Kier molecular flexibility index (Phi) is 4.66. The average Bonchev–Trinajstić information content (AvgIpc) is 3.14. The van der Waals surface area contributed by atoms with Gasteiger partial charge in [-0.15, -0.1) is 0 Å². The standard InChI is InChI=1S/C14H28N2/c1-3-13-6-9-16(10-7-13)11-8-15-12(2)14-4-5-14/h12-15H,3-11H2,1-2H3. The minimum Gasteiger partial charge on any atom is -0.313 e. The quantitative estimate of drug-likeness (QED) is 0.746. The molecule has 0 radical (unpaired) electrons. The van der Waals surface area contributed by atoms with E-state index in [1.807, 2.05) is 0 Å². The molecule has 0 aromatic heterocycles. The minimum absolute atomic E-state index is 0.758. The molecule has 1 aliphatic heterocycles. The summed E-state index contributed by atoms with van der Waals surface area (Å²) in [7, 11) is 0. The molecular weight excluding hydrogens is 196 g/mol. The second-order valence-electron chi connectivity index (χ2n) is 5.77. The second-order valence-corrected chi connectivity index (χ2v) is 5.77. The molecule has 1 heterocycles. The third-order valence-electron chi connectivity index (χ3n) is 4.51. The number of likely N-dealkylation sites (tertiary alicyclic amines) is 1. The maximum absolute atomic E-state index is 3.68. The lowest BCUT2D eigenvalue weighted by atomic mass is 9.94. The van der Waals surface area contributed by atoms with Crippen molar-refractivity contribution in [1.29, 1.82) is 0 Å². The van der Waals surface area contributed by atoms with Gasteiger partial charge in [0.15, 0.2) is 0 Å². The first-order valence-electron chi connectivity index (χ1n) is 7.25. The molecule has 16 heavy (non-hydrogen) atoms. The van der Waals surface area contributed by atoms with Gasteiger partial charge in [0, 0.05) is 19.1 Å². The molecule has 1 aliphatic carbocycles. The van der Waals surface area contributed by atoms with Crippen LogP contribution in [-0.4, -0.2) is 37.1 Å². The van der Waals surface area contributed by atoms with Gasteiger partial charge in [0.25, 0.3) is 0 Å². The summed E-state index contributed by atoms with van der Waals surface area (Å²) in [5.41, 5.74) is 0. The van der Waals surface area contributed by atoms with Crippen molar-refractivity contribution in [3.63, 3.8) is 0 Å². The topological polar surface area (TPSA) is 15.3 Å². The van der Waals surface area contributed by atoms with E-state index in [-0.39, 0.29) is 0 Å². The third-order valence-corrected chi connectivity index (χ3v) is 4.51. The molecule has 1 atom stereocenters. The Hall–Kier alpha value is -0.0800. The Morgan fingerprint density at radius 2 is 1.88 bits per heavy atom. The molecule has 2 nitrogen and oxygen atoms in total. The van der Waals surface area contributed by atoms with Crippen LogP contribution in [-0.2, 0) is 0 Å². The van der Waals surface area contributed by atoms with Crippen molar-refractivity contribution in [3.05, 3.63) is 0 Å². The van der Waals surface area contributed by atoms with Gasteiger partial charge in [-0.2, -0.15) is 0 Å². The number of nitrogens with one attached hydrogen (secondary N) is 1. The van der Waals surface area contributed by atoms with Crippen molar-refractivity contribution in [2.45, 2.75) is 52.0 Å². The van der Waals surface area contributed by atoms with Gasteiger partial charge in [0.2, 0.25) is 0 Å². The fraction of sp³-hybridized carbons (Fsp3) is 1.00. The Bertz CT molecular complexity index is 193. The molecule has 0 aromatic carbocycles. The molecular formula is C14H28N2. The highest BCUT2D eigenvalue weighted by atomic mass is 15.1. The summed E-state index contributed by atoms with van der Waals surface area (Å²) >= 11 is 0. The smallest absolute Gasteiger partial charge is 0.0107 e. The van der Waals surface area contributed by atoms with Crippen molar-refractivity contribution < 1.29 is 0 Å². The average molecular weight is 224 g/mol. The van der Waals surface area contributed by atoms with Crippen LogP contribution in [0.5, 0.6) is 0 Å². The van der Waals surface area contributed by atoms with Crippen molar-refractivity contribution >= 4 is 0 Å². The minimum atomic E-state index is 0.758. The van der Waals surface area contributed by atoms with Gasteiger partial charge < -0.3 is 10.2 Å². The van der Waals surface area contributed by atoms with Gasteiger partial charge in [0.05, 0.1) is 0 Å². The van der Waals surface area contributed by atoms with Crippen LogP contribution in [0.25, 0.3) is 0 Å². The first-order chi connectivity index (χ1) is 7.79. The van der Waals surface area contributed by atoms with E-state index < -0.39 is 0 Å². The number of nitrogens with zero attached hydrogens (tertiary/aromatic N) is 1. The van der Waals surface area contributed by atoms with E-state index in [4.69, 9.17) is 0 Å². The lowest BCUT2D eigenvalue weighted by Crippen LogP contribution is -2.40. The highest BCUT2D eigenvalue weighted by Crippen LogP contribution is 2.32. The normalized spacial score (nSPS) is 25.9. The van der Waals surface area contributed by atoms with Gasteiger partial charge in [0.1, 0.15) is 0 Å². The molecule has 1 N–H and O–H groups in total. The molecule has 2 fully saturated rings. The molecule has 1 unspecified atom stereocenters. The summed E-state index contributed by atoms with van der Waals surface area (Å²) in [4.78, 5) is 2.64. The Morgan fingerprint density at radius 1 is 1.19 bits per heavy atom. The third kappa shape index (κ3) is 3.74. The van der Waals surface area contributed by atoms with E-state index in [1.54, 1.807) is 0 Å². The number of hydrogen-bond donors (Lipinski definition) is 1. The molecule has 0 spiro atoms. The molecule has 2 aliphatic rings. The zero-order chi connectivity index (χ0) is 11.4. The Labute approximate surface area is 101 Å². The summed E-state index contributed by atoms with van der Waals surface area (Å²) in [6.45, 7) is 9.79. The van der Waals surface area contributed by atoms with Gasteiger partial charge in [-0.1, -0.05) is 13.3 Å². The summed E-state index contributed by atoms with van der Waals surface area (Å²) in [5.74, 6) is 2.00. The predicted molar refractivity (Wildman–Crippen MR) is 69.6 cm³/mol. The van der Waals surface area contributed by atoms with E-state index in [0.717, 1.165) is 17.9 Å². The van der Waals surface area contributed by atoms with Gasteiger partial charge in [-0.05, 0) is 57.5 Å². The van der Waals surface area contributed by atoms with Crippen LogP contribution in [0.4, 0.5) is 0 Å². The van der Waals surface area contributed by atoms with Crippen LogP contribution in [0.15, 0.2) is 0 Å². The lowest BCUT2D eigenvalue weighted by molar-refractivity contribution is 0.180. The maximum atomic E-state index is 3.68. The molecule has 1 saturated carbocycles. The molecule has 94 valence electrons. The van der Waals surface area contributed by atoms with Crippen molar-refractivity contribution in [2.75, 3.05) is 26.2 Å². The highest BCUT2D eigenvalue weighted by molar-refractivity contribution is 4.83. The van der Waals surface area contributed by atoms with Crippen LogP contribution < -0.4 is 5.32 Å². The molecule has 0 bridgehead atoms. The SMILES string of the molecule is CCC1CCN(CCNC(C)C2CC2)CC1. The van der Waals surface area contributed by atoms with Gasteiger partial charge >= 0.3 is 0 Å². The molecule has 2 heteroatoms. The van der Waals surface area contributed by atoms with Crippen molar-refractivity contribution in [3.8, 4) is 0 Å². The van der Waals surface area contributed by atoms with E-state index in [0.29, 0.717) is 0 Å². The molecule has 0 aromatic rings. The fourth-order valence-electron chi connectivity index (χ4n) is 2.83. The van der Waals surface area contributed by atoms with Gasteiger partial charge in [-0.3, -0.25) is 0 Å². The van der Waals surface area contributed by atoms with Crippen LogP contribution in [0, 0.1) is 11.8 Å². The summed E-state index contributed by atoms with van der Waals surface area (Å²) in [5, 5.41) is 3.68. The number of hydrogen-bond acceptors (Lipinski definition) is 2. The van der Waals surface area contributed by atoms with Crippen LogP contribution in [0.2, 0.25) is 0 Å². The maximum Gasteiger partial charge on any atom is 0.0107 e. The zero-order valence-corrected chi connectivity index (χ0v) is 11.0. The van der Waals surface area contributed by atoms with E-state index in [1.165, 1.54) is 58.3 Å². The summed E-state index contributed by atoms with van der Waals surface area (Å²) in [6.07, 6.45) is 7.14. The van der Waals surface area contributed by atoms with Crippen LogP contribution in [0.1, 0.15) is 46.0 Å². The van der Waals surface area contributed by atoms with E-state index in [2.05, 4.69) is 24.1 Å². The van der Waals surface area contributed by atoms with E-state index in [9.17, 15) is 0 Å². The van der Waals surface area contributed by atoms with E-state index >= 15 is 0 Å².